The number of benzene rings is 1. The largest absolute Gasteiger partial charge is 0.454 e. The molecule has 6 heteroatoms. The first-order chi connectivity index (χ1) is 9.08. The molecule has 0 spiro atoms. The highest BCUT2D eigenvalue weighted by Crippen LogP contribution is 2.47. The lowest BCUT2D eigenvalue weighted by Crippen LogP contribution is -1.96. The van der Waals surface area contributed by atoms with Crippen LogP contribution in [0.3, 0.4) is 0 Å². The van der Waals surface area contributed by atoms with Crippen LogP contribution in [0.1, 0.15) is 25.3 Å². The van der Waals surface area contributed by atoms with Gasteiger partial charge in [0.25, 0.3) is 0 Å². The molecule has 0 saturated heterocycles. The molecule has 0 fully saturated rings. The fourth-order valence-electron chi connectivity index (χ4n) is 2.28. The summed E-state index contributed by atoms with van der Waals surface area (Å²) in [5, 5.41) is 6.93. The number of nitrogens with two attached hydrogens (primary N) is 1. The van der Waals surface area contributed by atoms with Crippen molar-refractivity contribution in [3.05, 3.63) is 22.2 Å². The van der Waals surface area contributed by atoms with Crippen LogP contribution < -0.4 is 15.2 Å². The monoisotopic (exact) mass is 323 g/mol. The van der Waals surface area contributed by atoms with Crippen molar-refractivity contribution in [1.82, 2.24) is 10.2 Å². The van der Waals surface area contributed by atoms with Gasteiger partial charge in [0.1, 0.15) is 5.82 Å². The van der Waals surface area contributed by atoms with Gasteiger partial charge in [0.15, 0.2) is 11.5 Å². The number of hydrogen-bond acceptors (Lipinski definition) is 4. The lowest BCUT2D eigenvalue weighted by atomic mass is 9.94. The highest BCUT2D eigenvalue weighted by Gasteiger charge is 2.25. The predicted octanol–water partition coefficient (Wildman–Crippen LogP) is 3.27. The Balaban J connectivity index is 2.26. The second-order valence-electron chi connectivity index (χ2n) is 4.75. The van der Waals surface area contributed by atoms with Crippen LogP contribution in [0, 0.1) is 0 Å². The number of fused-ring (bicyclic) bond motifs is 1. The van der Waals surface area contributed by atoms with Gasteiger partial charge in [0.2, 0.25) is 6.79 Å². The fourth-order valence-corrected chi connectivity index (χ4v) is 3.26. The van der Waals surface area contributed by atoms with Gasteiger partial charge >= 0.3 is 0 Å². The molecule has 2 aromatic rings. The Morgan fingerprint density at radius 1 is 1.37 bits per heavy atom. The predicted molar refractivity (Wildman–Crippen MR) is 76.3 cm³/mol. The number of nitrogens with one attached hydrogen (secondary N) is 1. The van der Waals surface area contributed by atoms with Gasteiger partial charge in [-0.15, -0.1) is 0 Å². The first-order valence-corrected chi connectivity index (χ1v) is 6.80. The van der Waals surface area contributed by atoms with E-state index < -0.39 is 0 Å². The Labute approximate surface area is 119 Å². The van der Waals surface area contributed by atoms with E-state index in [0.717, 1.165) is 32.8 Å². The summed E-state index contributed by atoms with van der Waals surface area (Å²) in [6.07, 6.45) is 0. The quantitative estimate of drug-likeness (QED) is 0.889. The van der Waals surface area contributed by atoms with Crippen molar-refractivity contribution >= 4 is 21.7 Å². The molecule has 19 heavy (non-hydrogen) atoms. The number of nitrogen functional groups attached to an aromatic ring is 1. The van der Waals surface area contributed by atoms with Crippen molar-refractivity contribution in [3.63, 3.8) is 0 Å². The molecule has 0 radical (unpaired) electrons. The summed E-state index contributed by atoms with van der Waals surface area (Å²) in [7, 11) is 0. The topological polar surface area (TPSA) is 73.2 Å². The van der Waals surface area contributed by atoms with E-state index in [1.807, 2.05) is 12.1 Å². The van der Waals surface area contributed by atoms with Crippen LogP contribution in [0.5, 0.6) is 11.5 Å². The van der Waals surface area contributed by atoms with Crippen molar-refractivity contribution in [1.29, 1.82) is 0 Å². The number of nitrogens with zero attached hydrogens (tertiary/aromatic N) is 1. The van der Waals surface area contributed by atoms with Crippen LogP contribution >= 0.6 is 15.9 Å². The Hall–Kier alpha value is -1.69. The summed E-state index contributed by atoms with van der Waals surface area (Å²) in [5.74, 6) is 2.29. The van der Waals surface area contributed by atoms with Gasteiger partial charge in [-0.25, -0.2) is 0 Å². The number of H-pyrrole nitrogens is 1. The molecule has 3 rings (SSSR count). The van der Waals surface area contributed by atoms with E-state index in [-0.39, 0.29) is 6.79 Å². The molecule has 0 atom stereocenters. The summed E-state index contributed by atoms with van der Waals surface area (Å²) >= 11 is 3.62. The molecule has 0 saturated carbocycles. The van der Waals surface area contributed by atoms with Crippen LogP contribution in [-0.4, -0.2) is 17.0 Å². The molecular formula is C13H14BrN3O2. The van der Waals surface area contributed by atoms with Crippen molar-refractivity contribution in [2.75, 3.05) is 12.5 Å². The van der Waals surface area contributed by atoms with Gasteiger partial charge in [-0.2, -0.15) is 5.10 Å². The van der Waals surface area contributed by atoms with Gasteiger partial charge in [-0.1, -0.05) is 13.8 Å². The van der Waals surface area contributed by atoms with E-state index in [1.54, 1.807) is 0 Å². The van der Waals surface area contributed by atoms with Crippen molar-refractivity contribution in [3.8, 4) is 22.8 Å². The first kappa shape index (κ1) is 12.3. The molecule has 5 nitrogen and oxygen atoms in total. The average Bonchev–Trinajstić information content (AvgIpc) is 2.96. The maximum absolute atomic E-state index is 5.68. The number of halogens is 1. The molecule has 0 amide bonds. The Kier molecular flexibility index (Phi) is 2.89. The molecule has 1 aliphatic heterocycles. The van der Waals surface area contributed by atoms with Gasteiger partial charge < -0.3 is 15.2 Å². The van der Waals surface area contributed by atoms with E-state index >= 15 is 0 Å². The molecule has 1 aliphatic rings. The summed E-state index contributed by atoms with van der Waals surface area (Å²) in [4.78, 5) is 0. The summed E-state index contributed by atoms with van der Waals surface area (Å²) < 4.78 is 11.9. The van der Waals surface area contributed by atoms with Gasteiger partial charge in [0.05, 0.1) is 10.2 Å². The zero-order chi connectivity index (χ0) is 13.6. The van der Waals surface area contributed by atoms with E-state index in [1.165, 1.54) is 0 Å². The van der Waals surface area contributed by atoms with Crippen LogP contribution in [0.2, 0.25) is 0 Å². The lowest BCUT2D eigenvalue weighted by molar-refractivity contribution is 0.173. The molecule has 0 aliphatic carbocycles. The maximum Gasteiger partial charge on any atom is 0.231 e. The van der Waals surface area contributed by atoms with E-state index in [4.69, 9.17) is 15.2 Å². The van der Waals surface area contributed by atoms with Gasteiger partial charge in [-0.05, 0) is 33.5 Å². The molecule has 100 valence electrons. The van der Waals surface area contributed by atoms with Gasteiger partial charge in [-0.3, -0.25) is 5.10 Å². The number of ether oxygens (including phenoxy) is 2. The number of aromatic amines is 1. The standard InChI is InChI=1S/C13H14BrN3O2/c1-6(2)11-7(8-4-10(15)17-16-8)3-9-13(12(11)14)19-5-18-9/h3-4,6H,5H2,1-2H3,(H3,15,16,17). The molecular weight excluding hydrogens is 310 g/mol. The lowest BCUT2D eigenvalue weighted by Gasteiger charge is -2.15. The van der Waals surface area contributed by atoms with E-state index in [9.17, 15) is 0 Å². The highest BCUT2D eigenvalue weighted by molar-refractivity contribution is 9.10. The molecule has 1 aromatic heterocycles. The number of hydrogen-bond donors (Lipinski definition) is 2. The van der Waals surface area contributed by atoms with Crippen molar-refractivity contribution in [2.45, 2.75) is 19.8 Å². The Morgan fingerprint density at radius 2 is 2.16 bits per heavy atom. The van der Waals surface area contributed by atoms with Crippen LogP contribution in [0.15, 0.2) is 16.6 Å². The SMILES string of the molecule is CC(C)c1c(-c2cc(N)n[nH]2)cc2c(c1Br)OCO2. The molecule has 3 N–H and O–H groups in total. The number of anilines is 1. The van der Waals surface area contributed by atoms with Crippen molar-refractivity contribution < 1.29 is 9.47 Å². The molecule has 0 unspecified atom stereocenters. The smallest absolute Gasteiger partial charge is 0.231 e. The van der Waals surface area contributed by atoms with Crippen LogP contribution in [0.4, 0.5) is 5.82 Å². The van der Waals surface area contributed by atoms with Crippen LogP contribution in [0.25, 0.3) is 11.3 Å². The Morgan fingerprint density at radius 3 is 2.79 bits per heavy atom. The van der Waals surface area contributed by atoms with Crippen LogP contribution in [-0.2, 0) is 0 Å². The summed E-state index contributed by atoms with van der Waals surface area (Å²) in [6.45, 7) is 4.51. The average molecular weight is 324 g/mol. The minimum atomic E-state index is 0.250. The highest BCUT2D eigenvalue weighted by atomic mass is 79.9. The zero-order valence-corrected chi connectivity index (χ0v) is 12.2. The summed E-state index contributed by atoms with van der Waals surface area (Å²) in [6, 6.07) is 3.78. The maximum atomic E-state index is 5.68. The molecule has 2 heterocycles. The molecule has 0 bridgehead atoms. The number of rotatable bonds is 2. The minimum absolute atomic E-state index is 0.250. The fraction of sp³-hybridized carbons (Fsp3) is 0.308. The zero-order valence-electron chi connectivity index (χ0n) is 10.7. The summed E-state index contributed by atoms with van der Waals surface area (Å²) in [5.41, 5.74) is 8.73. The van der Waals surface area contributed by atoms with Gasteiger partial charge in [0, 0.05) is 11.6 Å². The molecule has 1 aromatic carbocycles. The normalized spacial score (nSPS) is 13.3. The minimum Gasteiger partial charge on any atom is -0.454 e. The second kappa shape index (κ2) is 4.45. The second-order valence-corrected chi connectivity index (χ2v) is 5.54. The van der Waals surface area contributed by atoms with Crippen molar-refractivity contribution in [2.24, 2.45) is 0 Å². The van der Waals surface area contributed by atoms with E-state index in [2.05, 4.69) is 40.0 Å². The third-order valence-electron chi connectivity index (χ3n) is 3.11. The van der Waals surface area contributed by atoms with E-state index in [0.29, 0.717) is 11.7 Å². The first-order valence-electron chi connectivity index (χ1n) is 6.01. The number of aromatic nitrogens is 2. The third-order valence-corrected chi connectivity index (χ3v) is 3.90. The third kappa shape index (κ3) is 1.96. The Bertz CT molecular complexity index is 637.